The Bertz CT molecular complexity index is 530. The summed E-state index contributed by atoms with van der Waals surface area (Å²) in [6.07, 6.45) is 4.14. The van der Waals surface area contributed by atoms with Gasteiger partial charge in [0.25, 0.3) is 0 Å². The zero-order valence-corrected chi connectivity index (χ0v) is 12.7. The Balaban J connectivity index is 2.07. The number of rotatable bonds is 3. The third-order valence-corrected chi connectivity index (χ3v) is 5.66. The van der Waals surface area contributed by atoms with E-state index in [2.05, 4.69) is 23.6 Å². The third kappa shape index (κ3) is 3.68. The van der Waals surface area contributed by atoms with Crippen molar-refractivity contribution in [3.8, 4) is 0 Å². The Morgan fingerprint density at radius 3 is 2.58 bits per heavy atom. The Hall–Kier alpha value is -0.650. The quantitative estimate of drug-likeness (QED) is 0.874. The molecule has 0 bridgehead atoms. The summed E-state index contributed by atoms with van der Waals surface area (Å²) < 4.78 is 27.2. The molecular weight excluding hydrogens is 284 g/mol. The summed E-state index contributed by atoms with van der Waals surface area (Å²) in [5.74, 6) is 1.21. The topological polar surface area (TPSA) is 59.1 Å². The van der Waals surface area contributed by atoms with E-state index in [4.69, 9.17) is 11.6 Å². The van der Waals surface area contributed by atoms with Gasteiger partial charge < -0.3 is 0 Å². The van der Waals surface area contributed by atoms with Crippen molar-refractivity contribution in [1.82, 2.24) is 9.71 Å². The summed E-state index contributed by atoms with van der Waals surface area (Å²) >= 11 is 5.66. The molecule has 6 heteroatoms. The molecule has 1 saturated carbocycles. The molecule has 1 heterocycles. The predicted octanol–water partition coefficient (Wildman–Crippen LogP) is 2.84. The Morgan fingerprint density at radius 1 is 1.26 bits per heavy atom. The van der Waals surface area contributed by atoms with Crippen LogP contribution in [0.3, 0.4) is 0 Å². The highest BCUT2D eigenvalue weighted by Crippen LogP contribution is 2.30. The fraction of sp³-hybridized carbons (Fsp3) is 0.615. The van der Waals surface area contributed by atoms with Crippen LogP contribution in [0.1, 0.15) is 33.1 Å². The van der Waals surface area contributed by atoms with Crippen LogP contribution in [0.5, 0.6) is 0 Å². The van der Waals surface area contributed by atoms with Gasteiger partial charge in [-0.15, -0.1) is 0 Å². The average Bonchev–Trinajstić information content (AvgIpc) is 2.34. The van der Waals surface area contributed by atoms with Crippen molar-refractivity contribution in [2.75, 3.05) is 0 Å². The highest BCUT2D eigenvalue weighted by Gasteiger charge is 2.28. The number of pyridine rings is 1. The number of hydrogen-bond donors (Lipinski definition) is 1. The van der Waals surface area contributed by atoms with Crippen LogP contribution in [0.25, 0.3) is 0 Å². The van der Waals surface area contributed by atoms with E-state index in [1.165, 1.54) is 18.3 Å². The van der Waals surface area contributed by atoms with E-state index < -0.39 is 10.0 Å². The van der Waals surface area contributed by atoms with E-state index in [0.29, 0.717) is 17.0 Å². The van der Waals surface area contributed by atoms with E-state index in [1.54, 1.807) is 0 Å². The van der Waals surface area contributed by atoms with Gasteiger partial charge in [0.1, 0.15) is 10.0 Å². The third-order valence-electron chi connectivity index (χ3n) is 3.93. The lowest BCUT2D eigenvalue weighted by molar-refractivity contribution is 0.242. The van der Waals surface area contributed by atoms with Gasteiger partial charge in [-0.2, -0.15) is 0 Å². The van der Waals surface area contributed by atoms with Crippen LogP contribution >= 0.6 is 11.6 Å². The van der Waals surface area contributed by atoms with Crippen molar-refractivity contribution in [1.29, 1.82) is 0 Å². The minimum atomic E-state index is -3.49. The van der Waals surface area contributed by atoms with E-state index in [1.807, 2.05) is 0 Å². The first-order valence-electron chi connectivity index (χ1n) is 6.52. The summed E-state index contributed by atoms with van der Waals surface area (Å²) in [7, 11) is -3.49. The van der Waals surface area contributed by atoms with E-state index in [-0.39, 0.29) is 10.9 Å². The molecule has 1 aromatic rings. The summed E-state index contributed by atoms with van der Waals surface area (Å²) in [4.78, 5) is 3.98. The minimum Gasteiger partial charge on any atom is -0.243 e. The van der Waals surface area contributed by atoms with Gasteiger partial charge in [0.15, 0.2) is 0 Å². The van der Waals surface area contributed by atoms with Gasteiger partial charge in [0.2, 0.25) is 10.0 Å². The molecule has 106 valence electrons. The van der Waals surface area contributed by atoms with E-state index in [9.17, 15) is 8.42 Å². The van der Waals surface area contributed by atoms with Crippen LogP contribution in [-0.4, -0.2) is 19.4 Å². The molecule has 0 spiro atoms. The normalized spacial score (nSPS) is 28.3. The van der Waals surface area contributed by atoms with Crippen molar-refractivity contribution in [3.05, 3.63) is 23.5 Å². The second kappa shape index (κ2) is 5.77. The minimum absolute atomic E-state index is 0.0203. The highest BCUT2D eigenvalue weighted by atomic mass is 35.5. The molecule has 1 aliphatic rings. The number of sulfonamides is 1. The smallest absolute Gasteiger partial charge is 0.242 e. The molecule has 1 aliphatic carbocycles. The van der Waals surface area contributed by atoms with Crippen molar-refractivity contribution in [2.45, 2.75) is 44.0 Å². The van der Waals surface area contributed by atoms with Crippen LogP contribution in [0.2, 0.25) is 5.15 Å². The Morgan fingerprint density at radius 2 is 2.00 bits per heavy atom. The summed E-state index contributed by atoms with van der Waals surface area (Å²) in [6.45, 7) is 4.40. The van der Waals surface area contributed by atoms with Crippen LogP contribution in [0.15, 0.2) is 23.2 Å². The van der Waals surface area contributed by atoms with Gasteiger partial charge in [-0.25, -0.2) is 18.1 Å². The van der Waals surface area contributed by atoms with Crippen LogP contribution in [0, 0.1) is 11.8 Å². The van der Waals surface area contributed by atoms with Gasteiger partial charge >= 0.3 is 0 Å². The Kier molecular flexibility index (Phi) is 4.48. The van der Waals surface area contributed by atoms with Gasteiger partial charge in [-0.3, -0.25) is 0 Å². The van der Waals surface area contributed by atoms with Gasteiger partial charge in [-0.05, 0) is 43.2 Å². The molecule has 3 unspecified atom stereocenters. The molecule has 1 aromatic heterocycles. The molecule has 0 aromatic carbocycles. The molecule has 0 saturated heterocycles. The summed E-state index contributed by atoms with van der Waals surface area (Å²) in [5.41, 5.74) is 0. The fourth-order valence-corrected chi connectivity index (χ4v) is 3.80. The molecular formula is C13H19ClN2O2S. The summed E-state index contributed by atoms with van der Waals surface area (Å²) in [5, 5.41) is 0.291. The second-order valence-corrected chi connectivity index (χ2v) is 7.50. The van der Waals surface area contributed by atoms with Gasteiger partial charge in [0.05, 0.1) is 0 Å². The molecule has 4 nitrogen and oxygen atoms in total. The largest absolute Gasteiger partial charge is 0.243 e. The number of halogens is 1. The molecule has 3 atom stereocenters. The maximum atomic E-state index is 12.2. The standard InChI is InChI=1S/C13H19ClN2O2S/c1-9-3-4-11(7-10(9)2)16-19(17,18)12-5-6-13(14)15-8-12/h5-6,8-11,16H,3-4,7H2,1-2H3. The van der Waals surface area contributed by atoms with Crippen LogP contribution in [-0.2, 0) is 10.0 Å². The average molecular weight is 303 g/mol. The molecule has 0 amide bonds. The van der Waals surface area contributed by atoms with E-state index in [0.717, 1.165) is 19.3 Å². The fourth-order valence-electron chi connectivity index (χ4n) is 2.46. The first-order chi connectivity index (χ1) is 8.88. The van der Waals surface area contributed by atoms with Crippen molar-refractivity contribution >= 4 is 21.6 Å². The SMILES string of the molecule is CC1CCC(NS(=O)(=O)c2ccc(Cl)nc2)CC1C. The first-order valence-corrected chi connectivity index (χ1v) is 8.38. The van der Waals surface area contributed by atoms with Gasteiger partial charge in [-0.1, -0.05) is 25.4 Å². The zero-order valence-electron chi connectivity index (χ0n) is 11.1. The molecule has 0 radical (unpaired) electrons. The van der Waals surface area contributed by atoms with Crippen LogP contribution in [0.4, 0.5) is 0 Å². The Labute approximate surface area is 119 Å². The van der Waals surface area contributed by atoms with Crippen LogP contribution < -0.4 is 4.72 Å². The molecule has 1 N–H and O–H groups in total. The number of aromatic nitrogens is 1. The predicted molar refractivity (Wildman–Crippen MR) is 75.5 cm³/mol. The lowest BCUT2D eigenvalue weighted by Crippen LogP contribution is -2.39. The zero-order chi connectivity index (χ0) is 14.0. The number of hydrogen-bond acceptors (Lipinski definition) is 3. The molecule has 0 aliphatic heterocycles. The van der Waals surface area contributed by atoms with Crippen molar-refractivity contribution in [2.24, 2.45) is 11.8 Å². The maximum absolute atomic E-state index is 12.2. The lowest BCUT2D eigenvalue weighted by Gasteiger charge is -2.32. The first kappa shape index (κ1) is 14.8. The second-order valence-electron chi connectivity index (χ2n) is 5.40. The van der Waals surface area contributed by atoms with Crippen molar-refractivity contribution in [3.63, 3.8) is 0 Å². The molecule has 1 fully saturated rings. The molecule has 2 rings (SSSR count). The van der Waals surface area contributed by atoms with Crippen molar-refractivity contribution < 1.29 is 8.42 Å². The number of nitrogens with one attached hydrogen (secondary N) is 1. The highest BCUT2D eigenvalue weighted by molar-refractivity contribution is 7.89. The monoisotopic (exact) mass is 302 g/mol. The lowest BCUT2D eigenvalue weighted by atomic mass is 9.79. The van der Waals surface area contributed by atoms with E-state index >= 15 is 0 Å². The number of nitrogens with zero attached hydrogens (tertiary/aromatic N) is 1. The summed E-state index contributed by atoms with van der Waals surface area (Å²) in [6, 6.07) is 2.99. The van der Waals surface area contributed by atoms with Gasteiger partial charge in [0, 0.05) is 12.2 Å². The maximum Gasteiger partial charge on any atom is 0.242 e. The molecule has 19 heavy (non-hydrogen) atoms.